The molecule has 0 aromatic heterocycles. The van der Waals surface area contributed by atoms with Gasteiger partial charge in [-0.2, -0.15) is 0 Å². The Balaban J connectivity index is 0.00000200. The number of likely N-dealkylation sites (tertiary alicyclic amines) is 1. The Morgan fingerprint density at radius 1 is 1.10 bits per heavy atom. The van der Waals surface area contributed by atoms with Crippen LogP contribution in [-0.4, -0.2) is 49.6 Å². The SMILES string of the molecule is CNCC1CCCN1CC(=O)NC1CCCCCC1.Cl. The van der Waals surface area contributed by atoms with Crippen LogP contribution in [-0.2, 0) is 4.79 Å². The molecule has 4 nitrogen and oxygen atoms in total. The third-order valence-electron chi connectivity index (χ3n) is 4.51. The van der Waals surface area contributed by atoms with E-state index in [2.05, 4.69) is 15.5 Å². The van der Waals surface area contributed by atoms with Gasteiger partial charge in [0.1, 0.15) is 0 Å². The van der Waals surface area contributed by atoms with Gasteiger partial charge in [0.25, 0.3) is 0 Å². The van der Waals surface area contributed by atoms with Crippen LogP contribution in [0.5, 0.6) is 0 Å². The average molecular weight is 304 g/mol. The molecule has 0 spiro atoms. The molecule has 1 saturated carbocycles. The van der Waals surface area contributed by atoms with Gasteiger partial charge < -0.3 is 10.6 Å². The van der Waals surface area contributed by atoms with Gasteiger partial charge in [0.05, 0.1) is 6.54 Å². The van der Waals surface area contributed by atoms with Crippen LogP contribution in [0.1, 0.15) is 51.4 Å². The predicted octanol–water partition coefficient (Wildman–Crippen LogP) is 1.93. The summed E-state index contributed by atoms with van der Waals surface area (Å²) in [5.41, 5.74) is 0. The number of hydrogen-bond donors (Lipinski definition) is 2. The molecule has 5 heteroatoms. The normalized spacial score (nSPS) is 24.9. The summed E-state index contributed by atoms with van der Waals surface area (Å²) >= 11 is 0. The maximum absolute atomic E-state index is 12.2. The molecule has 2 rings (SSSR count). The quantitative estimate of drug-likeness (QED) is 0.763. The maximum Gasteiger partial charge on any atom is 0.234 e. The molecule has 0 radical (unpaired) electrons. The molecule has 1 aliphatic carbocycles. The van der Waals surface area contributed by atoms with Gasteiger partial charge in [-0.05, 0) is 39.3 Å². The Morgan fingerprint density at radius 2 is 1.80 bits per heavy atom. The van der Waals surface area contributed by atoms with Crippen LogP contribution in [0.25, 0.3) is 0 Å². The predicted molar refractivity (Wildman–Crippen MR) is 85.4 cm³/mol. The third kappa shape index (κ3) is 5.58. The highest BCUT2D eigenvalue weighted by atomic mass is 35.5. The first-order chi connectivity index (χ1) is 9.29. The molecule has 118 valence electrons. The molecule has 1 amide bonds. The van der Waals surface area contributed by atoms with Gasteiger partial charge in [-0.15, -0.1) is 12.4 Å². The van der Waals surface area contributed by atoms with Gasteiger partial charge in [0.15, 0.2) is 0 Å². The summed E-state index contributed by atoms with van der Waals surface area (Å²) in [6.45, 7) is 2.66. The van der Waals surface area contributed by atoms with Crippen LogP contribution < -0.4 is 10.6 Å². The minimum Gasteiger partial charge on any atom is -0.352 e. The summed E-state index contributed by atoms with van der Waals surface area (Å²) in [4.78, 5) is 14.5. The van der Waals surface area contributed by atoms with Crippen LogP contribution >= 0.6 is 12.4 Å². The van der Waals surface area contributed by atoms with Crippen molar-refractivity contribution in [2.45, 2.75) is 63.5 Å². The molecular weight excluding hydrogens is 274 g/mol. The number of likely N-dealkylation sites (N-methyl/N-ethyl adjacent to an activating group) is 1. The number of rotatable bonds is 5. The Hall–Kier alpha value is -0.320. The first-order valence-electron chi connectivity index (χ1n) is 7.97. The number of carbonyl (C=O) groups excluding carboxylic acids is 1. The largest absolute Gasteiger partial charge is 0.352 e. The summed E-state index contributed by atoms with van der Waals surface area (Å²) in [5.74, 6) is 0.231. The summed E-state index contributed by atoms with van der Waals surface area (Å²) in [6, 6.07) is 0.977. The van der Waals surface area contributed by atoms with E-state index in [9.17, 15) is 4.79 Å². The first-order valence-corrected chi connectivity index (χ1v) is 7.97. The highest BCUT2D eigenvalue weighted by molar-refractivity contribution is 5.85. The zero-order chi connectivity index (χ0) is 13.5. The van der Waals surface area contributed by atoms with Crippen molar-refractivity contribution in [1.29, 1.82) is 0 Å². The van der Waals surface area contributed by atoms with Gasteiger partial charge in [-0.3, -0.25) is 9.69 Å². The number of carbonyl (C=O) groups is 1. The number of nitrogens with zero attached hydrogens (tertiary/aromatic N) is 1. The van der Waals surface area contributed by atoms with E-state index in [1.807, 2.05) is 7.05 Å². The van der Waals surface area contributed by atoms with E-state index in [0.717, 1.165) is 13.1 Å². The highest BCUT2D eigenvalue weighted by Crippen LogP contribution is 2.18. The fourth-order valence-electron chi connectivity index (χ4n) is 3.45. The Bertz CT molecular complexity index is 280. The van der Waals surface area contributed by atoms with Gasteiger partial charge in [0, 0.05) is 18.6 Å². The van der Waals surface area contributed by atoms with Crippen LogP contribution in [0, 0.1) is 0 Å². The molecule has 1 aliphatic heterocycles. The summed E-state index contributed by atoms with van der Waals surface area (Å²) < 4.78 is 0. The average Bonchev–Trinajstić information content (AvgIpc) is 2.65. The topological polar surface area (TPSA) is 44.4 Å². The van der Waals surface area contributed by atoms with Crippen molar-refractivity contribution in [1.82, 2.24) is 15.5 Å². The molecule has 20 heavy (non-hydrogen) atoms. The van der Waals surface area contributed by atoms with Crippen molar-refractivity contribution in [3.05, 3.63) is 0 Å². The van der Waals surface area contributed by atoms with Crippen molar-refractivity contribution < 1.29 is 4.79 Å². The summed E-state index contributed by atoms with van der Waals surface area (Å²) in [7, 11) is 1.99. The van der Waals surface area contributed by atoms with Crippen molar-refractivity contribution >= 4 is 18.3 Å². The maximum atomic E-state index is 12.2. The second-order valence-corrected chi connectivity index (χ2v) is 6.08. The Morgan fingerprint density at radius 3 is 2.45 bits per heavy atom. The van der Waals surface area contributed by atoms with E-state index < -0.39 is 0 Å². The molecule has 2 fully saturated rings. The Kier molecular flexibility index (Phi) is 8.50. The van der Waals surface area contributed by atoms with Crippen LogP contribution in [0.3, 0.4) is 0 Å². The lowest BCUT2D eigenvalue weighted by Crippen LogP contribution is -2.45. The van der Waals surface area contributed by atoms with E-state index in [1.165, 1.54) is 51.4 Å². The lowest BCUT2D eigenvalue weighted by molar-refractivity contribution is -0.123. The first kappa shape index (κ1) is 17.7. The van der Waals surface area contributed by atoms with Gasteiger partial charge in [-0.1, -0.05) is 25.7 Å². The number of halogens is 1. The number of nitrogens with one attached hydrogen (secondary N) is 2. The van der Waals surface area contributed by atoms with Gasteiger partial charge in [0.2, 0.25) is 5.91 Å². The Labute approximate surface area is 129 Å². The third-order valence-corrected chi connectivity index (χ3v) is 4.51. The van der Waals surface area contributed by atoms with Crippen molar-refractivity contribution in [3.63, 3.8) is 0 Å². The minimum atomic E-state index is 0. The molecule has 1 saturated heterocycles. The molecule has 2 aliphatic rings. The van der Waals surface area contributed by atoms with Crippen molar-refractivity contribution in [2.75, 3.05) is 26.7 Å². The lowest BCUT2D eigenvalue weighted by Gasteiger charge is -2.25. The lowest BCUT2D eigenvalue weighted by atomic mass is 10.1. The zero-order valence-corrected chi connectivity index (χ0v) is 13.5. The molecule has 1 unspecified atom stereocenters. The van der Waals surface area contributed by atoms with Crippen LogP contribution in [0.4, 0.5) is 0 Å². The van der Waals surface area contributed by atoms with E-state index in [0.29, 0.717) is 18.6 Å². The fourth-order valence-corrected chi connectivity index (χ4v) is 3.45. The number of hydrogen-bond acceptors (Lipinski definition) is 3. The van der Waals surface area contributed by atoms with Crippen LogP contribution in [0.15, 0.2) is 0 Å². The molecule has 1 heterocycles. The second-order valence-electron chi connectivity index (χ2n) is 6.08. The van der Waals surface area contributed by atoms with E-state index in [4.69, 9.17) is 0 Å². The molecular formula is C15H30ClN3O. The highest BCUT2D eigenvalue weighted by Gasteiger charge is 2.26. The molecule has 0 aromatic rings. The summed E-state index contributed by atoms with van der Waals surface area (Å²) in [6.07, 6.45) is 10.0. The fraction of sp³-hybridized carbons (Fsp3) is 0.933. The smallest absolute Gasteiger partial charge is 0.234 e. The standard InChI is InChI=1S/C15H29N3O.ClH/c1-16-11-14-9-6-10-18(14)12-15(19)17-13-7-4-2-3-5-8-13;/h13-14,16H,2-12H2,1H3,(H,17,19);1H. The minimum absolute atomic E-state index is 0. The van der Waals surface area contributed by atoms with E-state index in [1.54, 1.807) is 0 Å². The van der Waals surface area contributed by atoms with E-state index >= 15 is 0 Å². The second kappa shape index (κ2) is 9.59. The molecule has 2 N–H and O–H groups in total. The van der Waals surface area contributed by atoms with Gasteiger partial charge in [-0.25, -0.2) is 0 Å². The monoisotopic (exact) mass is 303 g/mol. The molecule has 1 atom stereocenters. The molecule has 0 bridgehead atoms. The van der Waals surface area contributed by atoms with Crippen molar-refractivity contribution in [3.8, 4) is 0 Å². The zero-order valence-electron chi connectivity index (χ0n) is 12.7. The van der Waals surface area contributed by atoms with Gasteiger partial charge >= 0.3 is 0 Å². The van der Waals surface area contributed by atoms with E-state index in [-0.39, 0.29) is 18.3 Å². The van der Waals surface area contributed by atoms with Crippen LogP contribution in [0.2, 0.25) is 0 Å². The number of amides is 1. The summed E-state index contributed by atoms with van der Waals surface area (Å²) in [5, 5.41) is 6.48. The molecule has 0 aromatic carbocycles. The van der Waals surface area contributed by atoms with Crippen molar-refractivity contribution in [2.24, 2.45) is 0 Å².